The van der Waals surface area contributed by atoms with Gasteiger partial charge in [0.2, 0.25) is 0 Å². The van der Waals surface area contributed by atoms with Gasteiger partial charge in [0, 0.05) is 4.88 Å². The van der Waals surface area contributed by atoms with Crippen LogP contribution in [0.1, 0.15) is 20.9 Å². The van der Waals surface area contributed by atoms with Crippen LogP contribution in [0.2, 0.25) is 0 Å². The first-order valence-electron chi connectivity index (χ1n) is 5.95. The number of carbonyl (C=O) groups is 1. The van der Waals surface area contributed by atoms with E-state index in [2.05, 4.69) is 15.7 Å². The summed E-state index contributed by atoms with van der Waals surface area (Å²) in [6, 6.07) is 4.34. The minimum atomic E-state index is -0.637. The number of anilines is 1. The number of nitrogen functional groups attached to an aromatic ring is 1. The fraction of sp³-hybridized carbons (Fsp3) is 0.167. The van der Waals surface area contributed by atoms with Crippen LogP contribution in [-0.2, 0) is 6.54 Å². The lowest BCUT2D eigenvalue weighted by atomic mass is 10.1. The maximum atomic E-state index is 12.1. The van der Waals surface area contributed by atoms with Gasteiger partial charge in [-0.05, 0) is 19.1 Å². The van der Waals surface area contributed by atoms with E-state index < -0.39 is 10.8 Å². The van der Waals surface area contributed by atoms with E-state index in [0.29, 0.717) is 0 Å². The van der Waals surface area contributed by atoms with Gasteiger partial charge >= 0.3 is 5.69 Å². The molecule has 0 radical (unpaired) electrons. The molecule has 1 aromatic carbocycles. The second-order valence-corrected chi connectivity index (χ2v) is 5.09. The highest BCUT2D eigenvalue weighted by atomic mass is 32.1. The van der Waals surface area contributed by atoms with Crippen molar-refractivity contribution in [3.05, 3.63) is 50.0 Å². The Morgan fingerprint density at radius 2 is 2.29 bits per heavy atom. The number of hydrazine groups is 1. The molecule has 0 spiro atoms. The number of hydrogen-bond donors (Lipinski definition) is 3. The normalized spacial score (nSPS) is 10.2. The Balaban J connectivity index is 2.23. The number of aryl methyl sites for hydroxylation is 1. The average molecular weight is 307 g/mol. The van der Waals surface area contributed by atoms with Crippen molar-refractivity contribution in [3.63, 3.8) is 0 Å². The quantitative estimate of drug-likeness (QED) is 0.438. The van der Waals surface area contributed by atoms with Crippen molar-refractivity contribution in [2.45, 2.75) is 13.5 Å². The van der Waals surface area contributed by atoms with Gasteiger partial charge in [0.1, 0.15) is 11.3 Å². The molecule has 0 aliphatic carbocycles. The molecule has 21 heavy (non-hydrogen) atoms. The van der Waals surface area contributed by atoms with Gasteiger partial charge in [-0.1, -0.05) is 6.07 Å². The van der Waals surface area contributed by atoms with Crippen molar-refractivity contribution in [1.29, 1.82) is 0 Å². The summed E-state index contributed by atoms with van der Waals surface area (Å²) in [7, 11) is 0. The monoisotopic (exact) mass is 307 g/mol. The predicted molar refractivity (Wildman–Crippen MR) is 78.9 cm³/mol. The lowest BCUT2D eigenvalue weighted by molar-refractivity contribution is -0.384. The van der Waals surface area contributed by atoms with Crippen molar-refractivity contribution in [1.82, 2.24) is 10.3 Å². The number of benzene rings is 1. The number of nitrogens with one attached hydrogen (secondary N) is 2. The summed E-state index contributed by atoms with van der Waals surface area (Å²) < 4.78 is 0. The fourth-order valence-corrected chi connectivity index (χ4v) is 2.51. The highest BCUT2D eigenvalue weighted by molar-refractivity contribution is 7.09. The number of hydrogen-bond acceptors (Lipinski definition) is 7. The number of nitrogens with zero attached hydrogens (tertiary/aromatic N) is 2. The second kappa shape index (κ2) is 6.29. The van der Waals surface area contributed by atoms with Crippen molar-refractivity contribution < 1.29 is 9.72 Å². The number of aromatic nitrogens is 1. The van der Waals surface area contributed by atoms with Gasteiger partial charge in [0.15, 0.2) is 0 Å². The summed E-state index contributed by atoms with van der Waals surface area (Å²) in [5.74, 6) is 4.70. The Labute approximate surface area is 124 Å². The minimum absolute atomic E-state index is 0.0439. The fourth-order valence-electron chi connectivity index (χ4n) is 1.79. The van der Waals surface area contributed by atoms with Gasteiger partial charge in [-0.15, -0.1) is 11.3 Å². The zero-order valence-electron chi connectivity index (χ0n) is 11.1. The molecule has 9 heteroatoms. The molecule has 2 rings (SSSR count). The number of nitro groups is 1. The van der Waals surface area contributed by atoms with Crippen molar-refractivity contribution in [2.75, 3.05) is 5.43 Å². The van der Waals surface area contributed by atoms with Gasteiger partial charge in [0.05, 0.1) is 22.7 Å². The van der Waals surface area contributed by atoms with Crippen LogP contribution in [0.3, 0.4) is 0 Å². The van der Waals surface area contributed by atoms with Crippen molar-refractivity contribution in [2.24, 2.45) is 5.84 Å². The summed E-state index contributed by atoms with van der Waals surface area (Å²) in [6.07, 6.45) is 0. The number of nitrogens with two attached hydrogens (primary N) is 1. The molecule has 4 N–H and O–H groups in total. The van der Waals surface area contributed by atoms with Crippen LogP contribution in [0, 0.1) is 17.0 Å². The van der Waals surface area contributed by atoms with Crippen molar-refractivity contribution in [3.8, 4) is 0 Å². The largest absolute Gasteiger partial charge is 0.347 e. The Kier molecular flexibility index (Phi) is 4.45. The molecule has 0 saturated carbocycles. The number of para-hydroxylation sites is 1. The lowest BCUT2D eigenvalue weighted by Gasteiger charge is -2.08. The third kappa shape index (κ3) is 3.15. The average Bonchev–Trinajstić information content (AvgIpc) is 2.89. The van der Waals surface area contributed by atoms with Crippen LogP contribution in [0.4, 0.5) is 11.4 Å². The van der Waals surface area contributed by atoms with Crippen LogP contribution in [0.5, 0.6) is 0 Å². The molecule has 0 aliphatic rings. The van der Waals surface area contributed by atoms with Gasteiger partial charge in [-0.2, -0.15) is 0 Å². The lowest BCUT2D eigenvalue weighted by Crippen LogP contribution is -2.24. The maximum absolute atomic E-state index is 12.1. The molecule has 8 nitrogen and oxygen atoms in total. The van der Waals surface area contributed by atoms with E-state index in [1.54, 1.807) is 5.51 Å². The van der Waals surface area contributed by atoms with Crippen molar-refractivity contribution >= 4 is 28.6 Å². The summed E-state index contributed by atoms with van der Waals surface area (Å²) in [5.41, 5.74) is 4.42. The van der Waals surface area contributed by atoms with Crippen LogP contribution in [0.25, 0.3) is 0 Å². The number of carbonyl (C=O) groups excluding carboxylic acids is 1. The molecule has 1 heterocycles. The van der Waals surface area contributed by atoms with E-state index >= 15 is 0 Å². The molecule has 110 valence electrons. The molecule has 0 fully saturated rings. The SMILES string of the molecule is Cc1ncsc1CNC(=O)c1cccc(NN)c1[N+](=O)[O-]. The summed E-state index contributed by atoms with van der Waals surface area (Å²) in [6.45, 7) is 2.10. The molecular weight excluding hydrogens is 294 g/mol. The molecule has 0 atom stereocenters. The van der Waals surface area contributed by atoms with Gasteiger partial charge in [-0.25, -0.2) is 4.98 Å². The third-order valence-corrected chi connectivity index (χ3v) is 3.81. The Morgan fingerprint density at radius 1 is 1.52 bits per heavy atom. The number of thiazole rings is 1. The third-order valence-electron chi connectivity index (χ3n) is 2.87. The van der Waals surface area contributed by atoms with E-state index in [4.69, 9.17) is 5.84 Å². The summed E-state index contributed by atoms with van der Waals surface area (Å²) in [5, 5.41) is 13.8. The summed E-state index contributed by atoms with van der Waals surface area (Å²) >= 11 is 1.41. The zero-order valence-corrected chi connectivity index (χ0v) is 11.9. The second-order valence-electron chi connectivity index (χ2n) is 4.15. The molecule has 1 amide bonds. The molecule has 0 saturated heterocycles. The highest BCUT2D eigenvalue weighted by Crippen LogP contribution is 2.27. The Bertz CT molecular complexity index is 685. The molecule has 0 bridgehead atoms. The maximum Gasteiger partial charge on any atom is 0.306 e. The predicted octanol–water partition coefficient (Wildman–Crippen LogP) is 1.58. The number of rotatable bonds is 5. The molecule has 2 aromatic rings. The molecule has 0 unspecified atom stereocenters. The van der Waals surface area contributed by atoms with E-state index in [-0.39, 0.29) is 23.5 Å². The first-order chi connectivity index (χ1) is 10.0. The standard InChI is InChI=1S/C12H13N5O3S/c1-7-10(21-6-15-7)5-14-12(18)8-3-2-4-9(16-13)11(8)17(19)20/h2-4,6,16H,5,13H2,1H3,(H,14,18). The van der Waals surface area contributed by atoms with Crippen LogP contribution in [-0.4, -0.2) is 15.8 Å². The van der Waals surface area contributed by atoms with E-state index in [9.17, 15) is 14.9 Å². The van der Waals surface area contributed by atoms with Crippen LogP contribution in [0.15, 0.2) is 23.7 Å². The number of amides is 1. The van der Waals surface area contributed by atoms with Gasteiger partial charge < -0.3 is 10.7 Å². The molecule has 0 aliphatic heterocycles. The minimum Gasteiger partial charge on any atom is -0.347 e. The van der Waals surface area contributed by atoms with E-state index in [0.717, 1.165) is 10.6 Å². The first kappa shape index (κ1) is 14.9. The van der Waals surface area contributed by atoms with Gasteiger partial charge in [0.25, 0.3) is 5.91 Å². The first-order valence-corrected chi connectivity index (χ1v) is 6.83. The van der Waals surface area contributed by atoms with E-state index in [1.807, 2.05) is 6.92 Å². The Hall–Kier alpha value is -2.52. The summed E-state index contributed by atoms with van der Waals surface area (Å²) in [4.78, 5) is 27.6. The Morgan fingerprint density at radius 3 is 2.86 bits per heavy atom. The molecule has 1 aromatic heterocycles. The highest BCUT2D eigenvalue weighted by Gasteiger charge is 2.24. The van der Waals surface area contributed by atoms with E-state index in [1.165, 1.54) is 29.5 Å². The zero-order chi connectivity index (χ0) is 15.4. The topological polar surface area (TPSA) is 123 Å². The van der Waals surface area contributed by atoms with Crippen LogP contribution >= 0.6 is 11.3 Å². The molecular formula is C12H13N5O3S. The van der Waals surface area contributed by atoms with Crippen LogP contribution < -0.4 is 16.6 Å². The van der Waals surface area contributed by atoms with Gasteiger partial charge in [-0.3, -0.25) is 20.8 Å². The smallest absolute Gasteiger partial charge is 0.306 e. The number of nitro benzene ring substituents is 1.